The molecule has 0 spiro atoms. The van der Waals surface area contributed by atoms with E-state index < -0.39 is 12.1 Å². The quantitative estimate of drug-likeness (QED) is 0.606. The number of esters is 1. The minimum atomic E-state index is -0.701. The number of fused-ring (bicyclic) bond motifs is 1. The molecule has 0 aromatic heterocycles. The highest BCUT2D eigenvalue weighted by molar-refractivity contribution is 6.14. The van der Waals surface area contributed by atoms with Gasteiger partial charge in [0.05, 0.1) is 19.8 Å². The first kappa shape index (κ1) is 17.5. The summed E-state index contributed by atoms with van der Waals surface area (Å²) in [5.41, 5.74) is 1.27. The van der Waals surface area contributed by atoms with Gasteiger partial charge < -0.3 is 18.9 Å². The van der Waals surface area contributed by atoms with E-state index in [0.717, 1.165) is 5.56 Å². The van der Waals surface area contributed by atoms with Gasteiger partial charge in [0, 0.05) is 6.07 Å². The molecule has 0 N–H and O–H groups in total. The van der Waals surface area contributed by atoms with E-state index in [0.29, 0.717) is 22.8 Å². The lowest BCUT2D eigenvalue weighted by Gasteiger charge is -2.12. The van der Waals surface area contributed by atoms with E-state index in [-0.39, 0.29) is 11.5 Å². The fourth-order valence-corrected chi connectivity index (χ4v) is 2.51. The van der Waals surface area contributed by atoms with Crippen molar-refractivity contribution in [3.05, 3.63) is 59.4 Å². The minimum Gasteiger partial charge on any atom is -0.497 e. The largest absolute Gasteiger partial charge is 0.497 e. The molecule has 6 heteroatoms. The zero-order valence-corrected chi connectivity index (χ0v) is 14.6. The highest BCUT2D eigenvalue weighted by atomic mass is 16.6. The van der Waals surface area contributed by atoms with Crippen molar-refractivity contribution in [1.82, 2.24) is 0 Å². The van der Waals surface area contributed by atoms with Crippen molar-refractivity contribution >= 4 is 17.8 Å². The Kier molecular flexibility index (Phi) is 4.93. The number of allylic oxidation sites excluding steroid dienone is 1. The summed E-state index contributed by atoms with van der Waals surface area (Å²) in [6.45, 7) is 1.61. The van der Waals surface area contributed by atoms with E-state index in [4.69, 9.17) is 14.2 Å². The van der Waals surface area contributed by atoms with Crippen LogP contribution >= 0.6 is 0 Å². The summed E-state index contributed by atoms with van der Waals surface area (Å²) in [6.07, 6.45) is 0.955. The number of ether oxygens (including phenoxy) is 4. The normalized spacial score (nSPS) is 15.2. The average molecular weight is 354 g/mol. The fraction of sp³-hybridized carbons (Fsp3) is 0.200. The summed E-state index contributed by atoms with van der Waals surface area (Å²) in [5.74, 6) is 1.24. The topological polar surface area (TPSA) is 71.1 Å². The summed E-state index contributed by atoms with van der Waals surface area (Å²) in [7, 11) is 2.86. The van der Waals surface area contributed by atoms with Crippen LogP contribution in [0, 0.1) is 0 Å². The highest BCUT2D eigenvalue weighted by Crippen LogP contribution is 2.34. The lowest BCUT2D eigenvalue weighted by atomic mass is 10.1. The molecule has 0 bridgehead atoms. The second kappa shape index (κ2) is 7.31. The minimum absolute atomic E-state index is 0.178. The summed E-state index contributed by atoms with van der Waals surface area (Å²) in [4.78, 5) is 23.8. The highest BCUT2D eigenvalue weighted by Gasteiger charge is 2.27. The van der Waals surface area contributed by atoms with Gasteiger partial charge in [-0.05, 0) is 42.8 Å². The molecule has 1 aliphatic rings. The van der Waals surface area contributed by atoms with Crippen LogP contribution in [0.3, 0.4) is 0 Å². The summed E-state index contributed by atoms with van der Waals surface area (Å²) >= 11 is 0. The summed E-state index contributed by atoms with van der Waals surface area (Å²) < 4.78 is 20.9. The van der Waals surface area contributed by atoms with Crippen molar-refractivity contribution in [3.63, 3.8) is 0 Å². The molecule has 1 aliphatic heterocycles. The number of hydrogen-bond donors (Lipinski definition) is 0. The molecular formula is C20H18O6. The third-order valence-corrected chi connectivity index (χ3v) is 3.90. The van der Waals surface area contributed by atoms with E-state index in [1.165, 1.54) is 7.11 Å². The average Bonchev–Trinajstić information content (AvgIpc) is 2.97. The maximum atomic E-state index is 12.4. The lowest BCUT2D eigenvalue weighted by Crippen LogP contribution is -2.24. The van der Waals surface area contributed by atoms with Crippen molar-refractivity contribution in [2.45, 2.75) is 13.0 Å². The van der Waals surface area contributed by atoms with Crippen LogP contribution < -0.4 is 14.2 Å². The van der Waals surface area contributed by atoms with E-state index in [1.54, 1.807) is 62.6 Å². The van der Waals surface area contributed by atoms with Gasteiger partial charge in [0.15, 0.2) is 11.9 Å². The Morgan fingerprint density at radius 1 is 1.08 bits per heavy atom. The van der Waals surface area contributed by atoms with E-state index >= 15 is 0 Å². The molecule has 26 heavy (non-hydrogen) atoms. The summed E-state index contributed by atoms with van der Waals surface area (Å²) in [5, 5.41) is 0. The maximum Gasteiger partial charge on any atom is 0.346 e. The molecule has 0 saturated heterocycles. The number of ketones is 1. The van der Waals surface area contributed by atoms with Crippen LogP contribution in [0.4, 0.5) is 0 Å². The van der Waals surface area contributed by atoms with Gasteiger partial charge in [0.25, 0.3) is 0 Å². The summed E-state index contributed by atoms with van der Waals surface area (Å²) in [6, 6.07) is 12.0. The van der Waals surface area contributed by atoms with Crippen molar-refractivity contribution in [2.24, 2.45) is 0 Å². The van der Waals surface area contributed by atoms with Gasteiger partial charge >= 0.3 is 5.97 Å². The second-order valence-electron chi connectivity index (χ2n) is 5.65. The SMILES string of the molecule is COC(=O)[C@H](C)Oc1ccc(/C=C2\Oc3cc(OC)ccc3C2=O)cc1. The van der Waals surface area contributed by atoms with Gasteiger partial charge in [-0.3, -0.25) is 4.79 Å². The zero-order valence-electron chi connectivity index (χ0n) is 14.6. The number of methoxy groups -OCH3 is 2. The van der Waals surface area contributed by atoms with Gasteiger partial charge in [-0.2, -0.15) is 0 Å². The third kappa shape index (κ3) is 3.54. The van der Waals surface area contributed by atoms with E-state index in [2.05, 4.69) is 4.74 Å². The molecule has 6 nitrogen and oxygen atoms in total. The standard InChI is InChI=1S/C20H18O6/c1-12(20(22)24-3)25-14-6-4-13(5-7-14)10-18-19(21)16-9-8-15(23-2)11-17(16)26-18/h4-12H,1-3H3/b18-10-/t12-/m0/s1. The Bertz CT molecular complexity index is 866. The van der Waals surface area contributed by atoms with Gasteiger partial charge in [0.1, 0.15) is 17.2 Å². The van der Waals surface area contributed by atoms with Gasteiger partial charge in [-0.1, -0.05) is 12.1 Å². The molecule has 0 saturated carbocycles. The molecule has 0 radical (unpaired) electrons. The van der Waals surface area contributed by atoms with Crippen LogP contribution in [0.25, 0.3) is 6.08 Å². The Morgan fingerprint density at radius 3 is 2.42 bits per heavy atom. The molecule has 3 rings (SSSR count). The van der Waals surface area contributed by atoms with Gasteiger partial charge in [-0.25, -0.2) is 4.79 Å². The number of hydrogen-bond acceptors (Lipinski definition) is 6. The Hall–Kier alpha value is -3.28. The van der Waals surface area contributed by atoms with Crippen LogP contribution in [0.1, 0.15) is 22.8 Å². The molecule has 0 aliphatic carbocycles. The molecule has 1 heterocycles. The van der Waals surface area contributed by atoms with Crippen molar-refractivity contribution in [2.75, 3.05) is 14.2 Å². The molecule has 0 fully saturated rings. The molecule has 2 aromatic rings. The Balaban J connectivity index is 1.75. The van der Waals surface area contributed by atoms with Crippen LogP contribution in [0.2, 0.25) is 0 Å². The predicted octanol–water partition coefficient (Wildman–Crippen LogP) is 3.25. The number of Topliss-reactive ketones (excluding diaryl/α,β-unsaturated/α-hetero) is 1. The molecular weight excluding hydrogens is 336 g/mol. The van der Waals surface area contributed by atoms with E-state index in [1.807, 2.05) is 0 Å². The Labute approximate surface area is 150 Å². The maximum absolute atomic E-state index is 12.4. The van der Waals surface area contributed by atoms with Crippen LogP contribution in [-0.4, -0.2) is 32.1 Å². The molecule has 2 aromatic carbocycles. The lowest BCUT2D eigenvalue weighted by molar-refractivity contribution is -0.147. The Morgan fingerprint density at radius 2 is 1.77 bits per heavy atom. The zero-order chi connectivity index (χ0) is 18.7. The second-order valence-corrected chi connectivity index (χ2v) is 5.65. The van der Waals surface area contributed by atoms with Gasteiger partial charge in [-0.15, -0.1) is 0 Å². The van der Waals surface area contributed by atoms with Crippen molar-refractivity contribution in [3.8, 4) is 17.2 Å². The fourth-order valence-electron chi connectivity index (χ4n) is 2.51. The number of carbonyl (C=O) groups excluding carboxylic acids is 2. The van der Waals surface area contributed by atoms with Crippen LogP contribution in [0.15, 0.2) is 48.2 Å². The molecule has 0 unspecified atom stereocenters. The third-order valence-electron chi connectivity index (χ3n) is 3.90. The predicted molar refractivity (Wildman–Crippen MR) is 94.5 cm³/mol. The van der Waals surface area contributed by atoms with Crippen LogP contribution in [0.5, 0.6) is 17.2 Å². The monoisotopic (exact) mass is 354 g/mol. The van der Waals surface area contributed by atoms with E-state index in [9.17, 15) is 9.59 Å². The molecule has 0 amide bonds. The first-order chi connectivity index (χ1) is 12.5. The molecule has 1 atom stereocenters. The number of carbonyl (C=O) groups is 2. The first-order valence-electron chi connectivity index (χ1n) is 7.98. The van der Waals surface area contributed by atoms with Gasteiger partial charge in [0.2, 0.25) is 5.78 Å². The molecule has 134 valence electrons. The first-order valence-corrected chi connectivity index (χ1v) is 7.98. The number of benzene rings is 2. The van der Waals surface area contributed by atoms with Crippen LogP contribution in [-0.2, 0) is 9.53 Å². The van der Waals surface area contributed by atoms with Crippen molar-refractivity contribution < 1.29 is 28.5 Å². The smallest absolute Gasteiger partial charge is 0.346 e. The number of rotatable bonds is 5. The van der Waals surface area contributed by atoms with Crippen molar-refractivity contribution in [1.29, 1.82) is 0 Å².